The third-order valence-corrected chi connectivity index (χ3v) is 4.03. The number of hydrogen-bond acceptors (Lipinski definition) is 2. The molecule has 2 aromatic rings. The summed E-state index contributed by atoms with van der Waals surface area (Å²) in [5, 5.41) is 8.41. The summed E-state index contributed by atoms with van der Waals surface area (Å²) in [5.74, 6) is 0.0705. The number of rotatable bonds is 3. The number of benzene rings is 2. The summed E-state index contributed by atoms with van der Waals surface area (Å²) in [6.45, 7) is 0. The molecule has 0 fully saturated rings. The number of nitrogens with one attached hydrogen (secondary N) is 1. The molecular formula is C13H10Cl2N2S. The van der Waals surface area contributed by atoms with Crippen molar-refractivity contribution in [2.45, 2.75) is 9.79 Å². The van der Waals surface area contributed by atoms with Crippen LogP contribution in [0.4, 0.5) is 0 Å². The molecule has 0 amide bonds. The van der Waals surface area contributed by atoms with Crippen molar-refractivity contribution in [2.75, 3.05) is 0 Å². The number of hydrogen-bond donors (Lipinski definition) is 2. The number of nitrogen functional groups attached to an aromatic ring is 1. The lowest BCUT2D eigenvalue weighted by Crippen LogP contribution is -2.10. The Hall–Kier alpha value is -1.16. The van der Waals surface area contributed by atoms with Crippen LogP contribution >= 0.6 is 35.0 Å². The minimum atomic E-state index is 0.0705. The van der Waals surface area contributed by atoms with Crippen LogP contribution in [0.15, 0.2) is 52.3 Å². The molecule has 0 aliphatic carbocycles. The Labute approximate surface area is 120 Å². The first-order valence-corrected chi connectivity index (χ1v) is 6.71. The van der Waals surface area contributed by atoms with Gasteiger partial charge in [0.25, 0.3) is 0 Å². The van der Waals surface area contributed by atoms with E-state index in [4.69, 9.17) is 34.3 Å². The van der Waals surface area contributed by atoms with Crippen molar-refractivity contribution < 1.29 is 0 Å². The molecule has 2 aromatic carbocycles. The van der Waals surface area contributed by atoms with Crippen LogP contribution in [0.2, 0.25) is 10.0 Å². The number of amidine groups is 1. The zero-order chi connectivity index (χ0) is 13.1. The van der Waals surface area contributed by atoms with E-state index in [0.717, 1.165) is 9.79 Å². The van der Waals surface area contributed by atoms with E-state index in [-0.39, 0.29) is 5.84 Å². The molecule has 0 atom stereocenters. The maximum absolute atomic E-state index is 7.32. The summed E-state index contributed by atoms with van der Waals surface area (Å²) < 4.78 is 0. The van der Waals surface area contributed by atoms with E-state index in [1.807, 2.05) is 36.4 Å². The molecule has 0 aromatic heterocycles. The summed E-state index contributed by atoms with van der Waals surface area (Å²) in [7, 11) is 0. The molecule has 0 aliphatic heterocycles. The van der Waals surface area contributed by atoms with Crippen molar-refractivity contribution >= 4 is 40.8 Å². The molecule has 0 bridgehead atoms. The lowest BCUT2D eigenvalue weighted by molar-refractivity contribution is 1.37. The molecule has 0 unspecified atom stereocenters. The van der Waals surface area contributed by atoms with Crippen molar-refractivity contribution in [1.29, 1.82) is 5.41 Å². The monoisotopic (exact) mass is 296 g/mol. The van der Waals surface area contributed by atoms with Crippen molar-refractivity contribution in [3.63, 3.8) is 0 Å². The van der Waals surface area contributed by atoms with Crippen LogP contribution in [0.3, 0.4) is 0 Å². The highest BCUT2D eigenvalue weighted by atomic mass is 35.5. The van der Waals surface area contributed by atoms with Crippen LogP contribution in [0.5, 0.6) is 0 Å². The summed E-state index contributed by atoms with van der Waals surface area (Å²) >= 11 is 13.4. The van der Waals surface area contributed by atoms with Crippen LogP contribution in [0.25, 0.3) is 0 Å². The summed E-state index contributed by atoms with van der Waals surface area (Å²) in [6, 6.07) is 13.0. The van der Waals surface area contributed by atoms with Gasteiger partial charge in [-0.05, 0) is 30.3 Å². The largest absolute Gasteiger partial charge is 0.384 e. The van der Waals surface area contributed by atoms with Crippen molar-refractivity contribution in [1.82, 2.24) is 0 Å². The third-order valence-electron chi connectivity index (χ3n) is 2.29. The highest BCUT2D eigenvalue weighted by Gasteiger charge is 2.02. The van der Waals surface area contributed by atoms with E-state index in [9.17, 15) is 0 Å². The molecule has 0 saturated heterocycles. The Bertz CT molecular complexity index is 582. The van der Waals surface area contributed by atoms with Crippen molar-refractivity contribution in [3.05, 3.63) is 58.1 Å². The van der Waals surface area contributed by atoms with Gasteiger partial charge in [-0.15, -0.1) is 0 Å². The van der Waals surface area contributed by atoms with Crippen LogP contribution in [0, 0.1) is 5.41 Å². The van der Waals surface area contributed by atoms with Gasteiger partial charge in [0.15, 0.2) is 0 Å². The minimum absolute atomic E-state index is 0.0705. The summed E-state index contributed by atoms with van der Waals surface area (Å²) in [6.07, 6.45) is 0. The third kappa shape index (κ3) is 3.19. The molecule has 3 N–H and O–H groups in total. The second kappa shape index (κ2) is 5.65. The minimum Gasteiger partial charge on any atom is -0.384 e. The van der Waals surface area contributed by atoms with Gasteiger partial charge in [0.1, 0.15) is 5.84 Å². The predicted molar refractivity (Wildman–Crippen MR) is 78.0 cm³/mol. The molecule has 92 valence electrons. The van der Waals surface area contributed by atoms with Crippen LogP contribution in [-0.4, -0.2) is 5.84 Å². The van der Waals surface area contributed by atoms with Gasteiger partial charge in [-0.1, -0.05) is 47.1 Å². The van der Waals surface area contributed by atoms with Crippen molar-refractivity contribution in [3.8, 4) is 0 Å². The van der Waals surface area contributed by atoms with Gasteiger partial charge >= 0.3 is 0 Å². The van der Waals surface area contributed by atoms with E-state index < -0.39 is 0 Å². The van der Waals surface area contributed by atoms with Gasteiger partial charge < -0.3 is 5.73 Å². The fraction of sp³-hybridized carbons (Fsp3) is 0. The topological polar surface area (TPSA) is 49.9 Å². The fourth-order valence-electron chi connectivity index (χ4n) is 1.38. The van der Waals surface area contributed by atoms with Gasteiger partial charge in [-0.3, -0.25) is 5.41 Å². The first kappa shape index (κ1) is 13.3. The standard InChI is InChI=1S/C13H10Cl2N2S/c14-11-6-5-10(7-12(11)15)18-9-3-1-8(2-4-9)13(16)17/h1-7H,(H3,16,17). The Balaban J connectivity index is 2.18. The normalized spacial score (nSPS) is 10.3. The Morgan fingerprint density at radius 3 is 2.11 bits per heavy atom. The molecule has 2 rings (SSSR count). The Morgan fingerprint density at radius 1 is 0.944 bits per heavy atom. The Kier molecular flexibility index (Phi) is 4.17. The van der Waals surface area contributed by atoms with Crippen LogP contribution < -0.4 is 5.73 Å². The summed E-state index contributed by atoms with van der Waals surface area (Å²) in [5.41, 5.74) is 6.11. The van der Waals surface area contributed by atoms with Gasteiger partial charge in [0.2, 0.25) is 0 Å². The van der Waals surface area contributed by atoms with E-state index in [1.54, 1.807) is 17.8 Å². The zero-order valence-corrected chi connectivity index (χ0v) is 11.6. The average molecular weight is 297 g/mol. The first-order valence-electron chi connectivity index (χ1n) is 5.13. The van der Waals surface area contributed by atoms with Crippen molar-refractivity contribution in [2.24, 2.45) is 5.73 Å². The lowest BCUT2D eigenvalue weighted by atomic mass is 10.2. The van der Waals surface area contributed by atoms with Gasteiger partial charge in [-0.25, -0.2) is 0 Å². The first-order chi connectivity index (χ1) is 8.56. The molecule has 0 spiro atoms. The van der Waals surface area contributed by atoms with Crippen LogP contribution in [-0.2, 0) is 0 Å². The maximum atomic E-state index is 7.32. The smallest absolute Gasteiger partial charge is 0.122 e. The summed E-state index contributed by atoms with van der Waals surface area (Å²) in [4.78, 5) is 2.07. The van der Waals surface area contributed by atoms with E-state index in [1.165, 1.54) is 0 Å². The molecule has 0 heterocycles. The molecule has 0 saturated carbocycles. The molecular weight excluding hydrogens is 287 g/mol. The quantitative estimate of drug-likeness (QED) is 0.650. The lowest BCUT2D eigenvalue weighted by Gasteiger charge is -2.04. The Morgan fingerprint density at radius 2 is 1.56 bits per heavy atom. The molecule has 0 aliphatic rings. The van der Waals surface area contributed by atoms with Gasteiger partial charge in [0.05, 0.1) is 10.0 Å². The SMILES string of the molecule is N=C(N)c1ccc(Sc2ccc(Cl)c(Cl)c2)cc1. The predicted octanol–water partition coefficient (Wildman–Crippen LogP) is 4.43. The second-order valence-electron chi connectivity index (χ2n) is 3.62. The second-order valence-corrected chi connectivity index (χ2v) is 5.58. The van der Waals surface area contributed by atoms with Gasteiger partial charge in [-0.2, -0.15) is 0 Å². The number of halogens is 2. The maximum Gasteiger partial charge on any atom is 0.122 e. The van der Waals surface area contributed by atoms with E-state index in [0.29, 0.717) is 15.6 Å². The molecule has 2 nitrogen and oxygen atoms in total. The average Bonchev–Trinajstić information content (AvgIpc) is 2.34. The highest BCUT2D eigenvalue weighted by molar-refractivity contribution is 7.99. The van der Waals surface area contributed by atoms with E-state index >= 15 is 0 Å². The fourth-order valence-corrected chi connectivity index (χ4v) is 2.60. The highest BCUT2D eigenvalue weighted by Crippen LogP contribution is 2.32. The molecule has 5 heteroatoms. The van der Waals surface area contributed by atoms with Gasteiger partial charge in [0, 0.05) is 15.4 Å². The molecule has 18 heavy (non-hydrogen) atoms. The number of nitrogens with two attached hydrogens (primary N) is 1. The zero-order valence-electron chi connectivity index (χ0n) is 9.28. The van der Waals surface area contributed by atoms with Crippen LogP contribution in [0.1, 0.15) is 5.56 Å². The molecule has 0 radical (unpaired) electrons. The van der Waals surface area contributed by atoms with E-state index in [2.05, 4.69) is 0 Å².